The molecule has 3 aromatic rings. The van der Waals surface area contributed by atoms with Crippen LogP contribution in [0.25, 0.3) is 10.7 Å². The van der Waals surface area contributed by atoms with E-state index >= 15 is 0 Å². The van der Waals surface area contributed by atoms with Crippen LogP contribution in [0.15, 0.2) is 30.7 Å². The molecule has 13 heteroatoms. The number of nitrogens with zero attached hydrogens (tertiary/aromatic N) is 5. The molecule has 1 amide bonds. The molecule has 0 saturated heterocycles. The van der Waals surface area contributed by atoms with Crippen LogP contribution in [0.3, 0.4) is 0 Å². The van der Waals surface area contributed by atoms with Crippen molar-refractivity contribution in [3.63, 3.8) is 0 Å². The van der Waals surface area contributed by atoms with Gasteiger partial charge in [0.2, 0.25) is 20.9 Å². The molecule has 3 aromatic heterocycles. The molecule has 1 atom stereocenters. The minimum Gasteiger partial charge on any atom is -0.477 e. The highest BCUT2D eigenvalue weighted by Crippen LogP contribution is 2.30. The van der Waals surface area contributed by atoms with Gasteiger partial charge in [-0.15, -0.1) is 10.2 Å². The van der Waals surface area contributed by atoms with Crippen LogP contribution in [-0.4, -0.2) is 51.3 Å². The molecule has 0 spiro atoms. The molecule has 2 N–H and O–H groups in total. The van der Waals surface area contributed by atoms with Gasteiger partial charge in [-0.2, -0.15) is 0 Å². The van der Waals surface area contributed by atoms with Crippen molar-refractivity contribution in [1.29, 1.82) is 0 Å². The summed E-state index contributed by atoms with van der Waals surface area (Å²) in [5, 5.41) is 11.2. The molecular formula is C20H23N7O4S2. The van der Waals surface area contributed by atoms with Gasteiger partial charge in [-0.25, -0.2) is 13.4 Å². The van der Waals surface area contributed by atoms with Gasteiger partial charge in [0.15, 0.2) is 5.01 Å². The third-order valence-electron chi connectivity index (χ3n) is 4.82. The molecule has 174 valence electrons. The lowest BCUT2D eigenvalue weighted by molar-refractivity contribution is 0.0933. The fourth-order valence-electron chi connectivity index (χ4n) is 2.99. The van der Waals surface area contributed by atoms with E-state index in [0.717, 1.165) is 11.3 Å². The zero-order chi connectivity index (χ0) is 23.4. The van der Waals surface area contributed by atoms with Crippen LogP contribution in [-0.2, 0) is 10.0 Å². The molecule has 3 heterocycles. The quantitative estimate of drug-likeness (QED) is 0.438. The Morgan fingerprint density at radius 3 is 2.70 bits per heavy atom. The first-order valence-corrected chi connectivity index (χ1v) is 12.8. The van der Waals surface area contributed by atoms with Crippen LogP contribution in [0.1, 0.15) is 54.6 Å². The van der Waals surface area contributed by atoms with Crippen molar-refractivity contribution in [3.05, 3.63) is 41.4 Å². The molecular weight excluding hydrogens is 466 g/mol. The zero-order valence-corrected chi connectivity index (χ0v) is 19.7. The summed E-state index contributed by atoms with van der Waals surface area (Å²) in [6, 6.07) is 2.96. The van der Waals surface area contributed by atoms with Crippen molar-refractivity contribution >= 4 is 33.0 Å². The molecule has 1 fully saturated rings. The lowest BCUT2D eigenvalue weighted by Crippen LogP contribution is -2.28. The number of hydrogen-bond acceptors (Lipinski definition) is 10. The van der Waals surface area contributed by atoms with E-state index < -0.39 is 10.0 Å². The van der Waals surface area contributed by atoms with E-state index in [1.165, 1.54) is 18.6 Å². The molecule has 0 bridgehead atoms. The number of ether oxygens (including phenoxy) is 1. The number of carbonyl (C=O) groups is 1. The average Bonchev–Trinajstić information content (AvgIpc) is 3.56. The molecule has 1 aliphatic rings. The van der Waals surface area contributed by atoms with Crippen LogP contribution < -0.4 is 14.8 Å². The van der Waals surface area contributed by atoms with Gasteiger partial charge in [-0.1, -0.05) is 18.3 Å². The Morgan fingerprint density at radius 1 is 1.21 bits per heavy atom. The summed E-state index contributed by atoms with van der Waals surface area (Å²) in [7, 11) is -3.35. The second-order valence-electron chi connectivity index (χ2n) is 7.34. The number of pyridine rings is 1. The maximum Gasteiger partial charge on any atom is 0.282 e. The van der Waals surface area contributed by atoms with Crippen LogP contribution >= 0.6 is 11.3 Å². The van der Waals surface area contributed by atoms with Gasteiger partial charge < -0.3 is 10.1 Å². The summed E-state index contributed by atoms with van der Waals surface area (Å²) in [4.78, 5) is 25.5. The maximum atomic E-state index is 12.8. The molecule has 1 saturated carbocycles. The van der Waals surface area contributed by atoms with Gasteiger partial charge in [0.25, 0.3) is 5.91 Å². The fourth-order valence-corrected chi connectivity index (χ4v) is 5.06. The summed E-state index contributed by atoms with van der Waals surface area (Å²) in [6.07, 6.45) is 6.44. The minimum atomic E-state index is -3.35. The third-order valence-corrected chi connectivity index (χ3v) is 7.64. The van der Waals surface area contributed by atoms with Gasteiger partial charge in [-0.05, 0) is 38.3 Å². The van der Waals surface area contributed by atoms with E-state index in [4.69, 9.17) is 4.74 Å². The van der Waals surface area contributed by atoms with Crippen molar-refractivity contribution < 1.29 is 17.9 Å². The third kappa shape index (κ3) is 5.60. The molecule has 0 aliphatic heterocycles. The lowest BCUT2D eigenvalue weighted by Gasteiger charge is -2.16. The summed E-state index contributed by atoms with van der Waals surface area (Å²) in [5.74, 6) is -0.0176. The van der Waals surface area contributed by atoms with Crippen molar-refractivity contribution in [2.45, 2.75) is 44.4 Å². The number of anilines is 1. The highest BCUT2D eigenvalue weighted by molar-refractivity contribution is 7.93. The molecule has 4 rings (SSSR count). The first kappa shape index (κ1) is 23.0. The number of aromatic nitrogens is 5. The van der Waals surface area contributed by atoms with E-state index in [2.05, 4.69) is 35.2 Å². The lowest BCUT2D eigenvalue weighted by atomic mass is 10.1. The summed E-state index contributed by atoms with van der Waals surface area (Å²) in [6.45, 7) is 4.22. The predicted molar refractivity (Wildman–Crippen MR) is 122 cm³/mol. The Balaban J connectivity index is 1.42. The summed E-state index contributed by atoms with van der Waals surface area (Å²) < 4.78 is 32.0. The minimum absolute atomic E-state index is 0.181. The number of nitrogens with one attached hydrogen (secondary N) is 2. The smallest absolute Gasteiger partial charge is 0.282 e. The Labute approximate surface area is 195 Å². The molecule has 1 aliphatic carbocycles. The SMILES string of the molecule is CCOc1cncc(-c2nnc(C(=O)NC(CC)c3ccc(NS(=O)(=O)C4CC4)cn3)s2)n1. The topological polar surface area (TPSA) is 149 Å². The van der Waals surface area contributed by atoms with E-state index in [-0.39, 0.29) is 22.2 Å². The first-order valence-electron chi connectivity index (χ1n) is 10.5. The zero-order valence-electron chi connectivity index (χ0n) is 18.1. The second kappa shape index (κ2) is 9.75. The number of amides is 1. The van der Waals surface area contributed by atoms with Gasteiger partial charge >= 0.3 is 0 Å². The van der Waals surface area contributed by atoms with E-state index in [9.17, 15) is 13.2 Å². The molecule has 0 aromatic carbocycles. The number of carbonyl (C=O) groups excluding carboxylic acids is 1. The highest BCUT2D eigenvalue weighted by Gasteiger charge is 2.35. The van der Waals surface area contributed by atoms with Crippen molar-refractivity contribution in [2.24, 2.45) is 0 Å². The molecule has 11 nitrogen and oxygen atoms in total. The summed E-state index contributed by atoms with van der Waals surface area (Å²) >= 11 is 1.10. The molecule has 1 unspecified atom stereocenters. The Kier molecular flexibility index (Phi) is 6.79. The van der Waals surface area contributed by atoms with Crippen molar-refractivity contribution in [1.82, 2.24) is 30.5 Å². The normalized spacial score (nSPS) is 14.5. The van der Waals surface area contributed by atoms with E-state index in [0.29, 0.717) is 53.8 Å². The Bertz CT molecular complexity index is 1230. The average molecular weight is 490 g/mol. The van der Waals surface area contributed by atoms with Crippen LogP contribution in [0, 0.1) is 0 Å². The Morgan fingerprint density at radius 2 is 2.03 bits per heavy atom. The Hall–Kier alpha value is -3.19. The highest BCUT2D eigenvalue weighted by atomic mass is 32.2. The van der Waals surface area contributed by atoms with Crippen molar-refractivity contribution in [2.75, 3.05) is 11.3 Å². The maximum absolute atomic E-state index is 12.8. The van der Waals surface area contributed by atoms with Gasteiger partial charge in [-0.3, -0.25) is 19.5 Å². The van der Waals surface area contributed by atoms with Crippen LogP contribution in [0.4, 0.5) is 5.69 Å². The van der Waals surface area contributed by atoms with E-state index in [1.807, 2.05) is 13.8 Å². The van der Waals surface area contributed by atoms with Crippen LogP contribution in [0.5, 0.6) is 5.88 Å². The fraction of sp³-hybridized carbons (Fsp3) is 0.400. The molecule has 0 radical (unpaired) electrons. The number of sulfonamides is 1. The van der Waals surface area contributed by atoms with E-state index in [1.54, 1.807) is 12.1 Å². The molecule has 33 heavy (non-hydrogen) atoms. The number of rotatable bonds is 10. The second-order valence-corrected chi connectivity index (χ2v) is 10.3. The van der Waals surface area contributed by atoms with Crippen molar-refractivity contribution in [3.8, 4) is 16.6 Å². The predicted octanol–water partition coefficient (Wildman–Crippen LogP) is 2.57. The number of hydrogen-bond donors (Lipinski definition) is 2. The summed E-state index contributed by atoms with van der Waals surface area (Å²) in [5.41, 5.74) is 1.48. The van der Waals surface area contributed by atoms with Gasteiger partial charge in [0, 0.05) is 0 Å². The first-order chi connectivity index (χ1) is 15.9. The largest absolute Gasteiger partial charge is 0.477 e. The monoisotopic (exact) mass is 489 g/mol. The van der Waals surface area contributed by atoms with Crippen LogP contribution in [0.2, 0.25) is 0 Å². The van der Waals surface area contributed by atoms with Gasteiger partial charge in [0.1, 0.15) is 5.69 Å². The van der Waals surface area contributed by atoms with Gasteiger partial charge in [0.05, 0.1) is 47.9 Å². The standard InChI is InChI=1S/C20H23N7O4S2/c1-3-14(15-8-5-12(9-22-15)27-33(29,30)13-6-7-13)24-18(28)20-26-25-19(32-20)16-10-21-11-17(23-16)31-4-2/h5,8-11,13-14,27H,3-4,6-7H2,1-2H3,(H,24,28).